The summed E-state index contributed by atoms with van der Waals surface area (Å²) in [5.41, 5.74) is 5.19. The van der Waals surface area contributed by atoms with Crippen molar-refractivity contribution in [2.75, 3.05) is 19.6 Å². The Morgan fingerprint density at radius 3 is 2.50 bits per heavy atom. The van der Waals surface area contributed by atoms with Gasteiger partial charge in [-0.3, -0.25) is 9.59 Å². The van der Waals surface area contributed by atoms with Crippen molar-refractivity contribution in [1.82, 2.24) is 10.2 Å². The average molecular weight is 281 g/mol. The molecule has 0 aliphatic carbocycles. The summed E-state index contributed by atoms with van der Waals surface area (Å²) < 4.78 is 0. The predicted molar refractivity (Wildman–Crippen MR) is 77.9 cm³/mol. The van der Waals surface area contributed by atoms with Gasteiger partial charge in [0.05, 0.1) is 11.3 Å². The van der Waals surface area contributed by atoms with E-state index >= 15 is 0 Å². The van der Waals surface area contributed by atoms with E-state index < -0.39 is 0 Å². The molecule has 2 saturated heterocycles. The molecule has 0 aromatic rings. The molecule has 20 heavy (non-hydrogen) atoms. The number of likely N-dealkylation sites (tertiary alicyclic amines) is 1. The van der Waals surface area contributed by atoms with E-state index in [1.165, 1.54) is 0 Å². The highest BCUT2D eigenvalue weighted by Crippen LogP contribution is 2.37. The van der Waals surface area contributed by atoms with Crippen LogP contribution in [0, 0.1) is 11.3 Å². The van der Waals surface area contributed by atoms with Crippen molar-refractivity contribution in [3.8, 4) is 0 Å². The highest BCUT2D eigenvalue weighted by molar-refractivity contribution is 5.84. The van der Waals surface area contributed by atoms with Crippen LogP contribution in [0.2, 0.25) is 0 Å². The summed E-state index contributed by atoms with van der Waals surface area (Å²) >= 11 is 0. The third-order valence-corrected chi connectivity index (χ3v) is 5.24. The van der Waals surface area contributed by atoms with E-state index in [9.17, 15) is 9.59 Å². The Balaban J connectivity index is 2.14. The molecule has 2 heterocycles. The lowest BCUT2D eigenvalue weighted by Crippen LogP contribution is -2.55. The average Bonchev–Trinajstić information content (AvgIpc) is 2.47. The lowest BCUT2D eigenvalue weighted by molar-refractivity contribution is -0.149. The first-order chi connectivity index (χ1) is 9.50. The molecule has 2 fully saturated rings. The fourth-order valence-corrected chi connectivity index (χ4v) is 3.55. The van der Waals surface area contributed by atoms with Gasteiger partial charge in [-0.1, -0.05) is 6.92 Å². The molecule has 5 heteroatoms. The smallest absolute Gasteiger partial charge is 0.229 e. The number of nitrogens with two attached hydrogens (primary N) is 1. The zero-order valence-corrected chi connectivity index (χ0v) is 12.7. The SMILES string of the molecule is CCC1(C(=O)N2CC(C(N)=O)CCC2C)CCNCC1. The van der Waals surface area contributed by atoms with Crippen LogP contribution in [0.5, 0.6) is 0 Å². The lowest BCUT2D eigenvalue weighted by Gasteiger charge is -2.44. The molecule has 0 spiro atoms. The van der Waals surface area contributed by atoms with Crippen LogP contribution in [0.25, 0.3) is 0 Å². The molecule has 2 aliphatic rings. The van der Waals surface area contributed by atoms with Crippen molar-refractivity contribution in [3.63, 3.8) is 0 Å². The van der Waals surface area contributed by atoms with Gasteiger partial charge in [-0.15, -0.1) is 0 Å². The zero-order chi connectivity index (χ0) is 14.8. The second-order valence-corrected chi connectivity index (χ2v) is 6.37. The highest BCUT2D eigenvalue weighted by atomic mass is 16.2. The number of carbonyl (C=O) groups excluding carboxylic acids is 2. The van der Waals surface area contributed by atoms with E-state index in [2.05, 4.69) is 19.2 Å². The fourth-order valence-electron chi connectivity index (χ4n) is 3.55. The molecule has 3 N–H and O–H groups in total. The predicted octanol–water partition coefficient (Wildman–Crippen LogP) is 0.879. The van der Waals surface area contributed by atoms with Gasteiger partial charge in [0, 0.05) is 12.6 Å². The maximum atomic E-state index is 13.0. The molecule has 0 aromatic carbocycles. The molecule has 0 radical (unpaired) electrons. The topological polar surface area (TPSA) is 75.4 Å². The van der Waals surface area contributed by atoms with Gasteiger partial charge >= 0.3 is 0 Å². The summed E-state index contributed by atoms with van der Waals surface area (Å²) in [5, 5.41) is 3.32. The quantitative estimate of drug-likeness (QED) is 0.806. The van der Waals surface area contributed by atoms with E-state index in [0.29, 0.717) is 6.54 Å². The monoisotopic (exact) mass is 281 g/mol. The van der Waals surface area contributed by atoms with Gasteiger partial charge in [0.2, 0.25) is 11.8 Å². The maximum absolute atomic E-state index is 13.0. The molecule has 0 saturated carbocycles. The first-order valence-electron chi connectivity index (χ1n) is 7.81. The number of amides is 2. The summed E-state index contributed by atoms with van der Waals surface area (Å²) in [6.45, 7) is 6.50. The van der Waals surface area contributed by atoms with Gasteiger partial charge < -0.3 is 16.0 Å². The Morgan fingerprint density at radius 2 is 1.95 bits per heavy atom. The molecule has 114 valence electrons. The highest BCUT2D eigenvalue weighted by Gasteiger charge is 2.43. The molecular formula is C15H27N3O2. The standard InChI is InChI=1S/C15H27N3O2/c1-3-15(6-8-17-9-7-15)14(20)18-10-12(13(16)19)5-4-11(18)2/h11-12,17H,3-10H2,1-2H3,(H2,16,19). The van der Waals surface area contributed by atoms with Gasteiger partial charge in [0.25, 0.3) is 0 Å². The Morgan fingerprint density at radius 1 is 1.30 bits per heavy atom. The molecule has 0 aromatic heterocycles. The largest absolute Gasteiger partial charge is 0.369 e. The van der Waals surface area contributed by atoms with Crippen molar-refractivity contribution in [1.29, 1.82) is 0 Å². The van der Waals surface area contributed by atoms with E-state index in [0.717, 1.165) is 45.2 Å². The van der Waals surface area contributed by atoms with Crippen LogP contribution in [0.1, 0.15) is 46.0 Å². The van der Waals surface area contributed by atoms with E-state index in [-0.39, 0.29) is 29.2 Å². The summed E-state index contributed by atoms with van der Waals surface area (Å²) in [7, 11) is 0. The number of rotatable bonds is 3. The van der Waals surface area contributed by atoms with Gasteiger partial charge in [-0.25, -0.2) is 0 Å². The first-order valence-corrected chi connectivity index (χ1v) is 7.81. The van der Waals surface area contributed by atoms with Gasteiger partial charge in [0.1, 0.15) is 0 Å². The second kappa shape index (κ2) is 6.12. The van der Waals surface area contributed by atoms with Gasteiger partial charge in [0.15, 0.2) is 0 Å². The number of piperidine rings is 2. The Kier molecular flexibility index (Phi) is 4.68. The molecule has 2 atom stereocenters. The van der Waals surface area contributed by atoms with Crippen LogP contribution >= 0.6 is 0 Å². The van der Waals surface area contributed by atoms with Crippen molar-refractivity contribution >= 4 is 11.8 Å². The summed E-state index contributed by atoms with van der Waals surface area (Å²) in [6, 6.07) is 0.219. The van der Waals surface area contributed by atoms with E-state index in [1.54, 1.807) is 0 Å². The Bertz CT molecular complexity index is 377. The van der Waals surface area contributed by atoms with Crippen molar-refractivity contribution in [2.24, 2.45) is 17.1 Å². The van der Waals surface area contributed by atoms with Crippen LogP contribution in [-0.4, -0.2) is 42.4 Å². The minimum Gasteiger partial charge on any atom is -0.369 e. The third-order valence-electron chi connectivity index (χ3n) is 5.24. The van der Waals surface area contributed by atoms with Crippen LogP contribution < -0.4 is 11.1 Å². The second-order valence-electron chi connectivity index (χ2n) is 6.37. The number of nitrogens with zero attached hydrogens (tertiary/aromatic N) is 1. The lowest BCUT2D eigenvalue weighted by atomic mass is 9.74. The van der Waals surface area contributed by atoms with Crippen LogP contribution in [0.3, 0.4) is 0 Å². The van der Waals surface area contributed by atoms with Crippen molar-refractivity contribution < 1.29 is 9.59 Å². The molecule has 0 bridgehead atoms. The van der Waals surface area contributed by atoms with Crippen LogP contribution in [0.4, 0.5) is 0 Å². The normalized spacial score (nSPS) is 30.0. The summed E-state index contributed by atoms with van der Waals surface area (Å²) in [5.74, 6) is -0.212. The molecule has 2 rings (SSSR count). The van der Waals surface area contributed by atoms with Crippen molar-refractivity contribution in [3.05, 3.63) is 0 Å². The van der Waals surface area contributed by atoms with Crippen LogP contribution in [-0.2, 0) is 9.59 Å². The number of carbonyl (C=O) groups is 2. The molecule has 2 unspecified atom stereocenters. The minimum atomic E-state index is -0.273. The van der Waals surface area contributed by atoms with Crippen molar-refractivity contribution in [2.45, 2.75) is 52.0 Å². The van der Waals surface area contributed by atoms with E-state index in [1.807, 2.05) is 4.90 Å². The van der Waals surface area contributed by atoms with E-state index in [4.69, 9.17) is 5.73 Å². The number of primary amides is 1. The maximum Gasteiger partial charge on any atom is 0.229 e. The molecule has 2 amide bonds. The van der Waals surface area contributed by atoms with Gasteiger partial charge in [-0.2, -0.15) is 0 Å². The van der Waals surface area contributed by atoms with Gasteiger partial charge in [-0.05, 0) is 52.1 Å². The van der Waals surface area contributed by atoms with Crippen LogP contribution in [0.15, 0.2) is 0 Å². The molecule has 5 nitrogen and oxygen atoms in total. The number of hydrogen-bond acceptors (Lipinski definition) is 3. The third kappa shape index (κ3) is 2.82. The fraction of sp³-hybridized carbons (Fsp3) is 0.867. The number of nitrogens with one attached hydrogen (secondary N) is 1. The molecular weight excluding hydrogens is 254 g/mol. The summed E-state index contributed by atoms with van der Waals surface area (Å²) in [4.78, 5) is 26.4. The Hall–Kier alpha value is -1.10. The number of hydrogen-bond donors (Lipinski definition) is 2. The summed E-state index contributed by atoms with van der Waals surface area (Å²) in [6.07, 6.45) is 4.34. The molecule has 2 aliphatic heterocycles. The Labute approximate surface area is 121 Å². The zero-order valence-electron chi connectivity index (χ0n) is 12.7. The minimum absolute atomic E-state index is 0.175. The first kappa shape index (κ1) is 15.3.